The van der Waals surface area contributed by atoms with E-state index < -0.39 is 29.3 Å². The predicted molar refractivity (Wildman–Crippen MR) is 74.8 cm³/mol. The van der Waals surface area contributed by atoms with Gasteiger partial charge < -0.3 is 15.9 Å². The van der Waals surface area contributed by atoms with Crippen molar-refractivity contribution in [2.75, 3.05) is 12.3 Å². The molecule has 2 aromatic rings. The van der Waals surface area contributed by atoms with E-state index in [4.69, 9.17) is 5.73 Å². The van der Waals surface area contributed by atoms with E-state index in [1.807, 2.05) is 0 Å². The van der Waals surface area contributed by atoms with Crippen LogP contribution in [0, 0.1) is 5.92 Å². The van der Waals surface area contributed by atoms with Gasteiger partial charge in [0.2, 0.25) is 5.95 Å². The molecule has 21 heavy (non-hydrogen) atoms. The SMILES string of the molecule is C=C1[C@H](n2c(=O)[nH]c3c(=O)[nH]c(N)nc32)C[C@H](O)[C@H]1CO. The van der Waals surface area contributed by atoms with Gasteiger partial charge in [0.25, 0.3) is 5.56 Å². The molecule has 0 unspecified atom stereocenters. The summed E-state index contributed by atoms with van der Waals surface area (Å²) in [7, 11) is 0. The van der Waals surface area contributed by atoms with Crippen molar-refractivity contribution in [2.24, 2.45) is 5.92 Å². The Labute approximate surface area is 117 Å². The molecule has 3 atom stereocenters. The van der Waals surface area contributed by atoms with Crippen molar-refractivity contribution in [3.63, 3.8) is 0 Å². The van der Waals surface area contributed by atoms with Crippen LogP contribution in [0.2, 0.25) is 0 Å². The molecule has 0 radical (unpaired) electrons. The molecule has 3 rings (SSSR count). The van der Waals surface area contributed by atoms with Crippen molar-refractivity contribution in [1.29, 1.82) is 0 Å². The van der Waals surface area contributed by atoms with Gasteiger partial charge in [-0.15, -0.1) is 0 Å². The normalized spacial score (nSPS) is 25.8. The van der Waals surface area contributed by atoms with E-state index in [2.05, 4.69) is 21.5 Å². The minimum atomic E-state index is -0.802. The van der Waals surface area contributed by atoms with E-state index in [9.17, 15) is 19.8 Å². The number of aromatic nitrogens is 4. The third-order valence-corrected chi connectivity index (χ3v) is 3.94. The van der Waals surface area contributed by atoms with Gasteiger partial charge in [0, 0.05) is 5.92 Å². The number of aliphatic hydroxyl groups excluding tert-OH is 2. The van der Waals surface area contributed by atoms with Gasteiger partial charge in [-0.3, -0.25) is 19.3 Å². The first-order valence-electron chi connectivity index (χ1n) is 6.41. The summed E-state index contributed by atoms with van der Waals surface area (Å²) < 4.78 is 1.25. The molecule has 0 aliphatic heterocycles. The molecule has 0 spiro atoms. The number of nitrogen functional groups attached to an aromatic ring is 1. The standard InChI is InChI=1S/C12H15N5O4/c1-4-5(3-18)7(19)2-6(4)17-9-8(14-12(17)21)10(20)16-11(13)15-9/h5-7,18-19H,1-3H2,(H,14,21)(H3,13,15,16,20)/t5-,6+,7-/m0/s1. The number of nitrogens with two attached hydrogens (primary N) is 1. The molecule has 1 aliphatic rings. The third kappa shape index (κ3) is 1.89. The highest BCUT2D eigenvalue weighted by Gasteiger charge is 2.38. The summed E-state index contributed by atoms with van der Waals surface area (Å²) in [5, 5.41) is 19.2. The number of aromatic amines is 2. The topological polar surface area (TPSA) is 150 Å². The molecule has 9 heteroatoms. The number of aliphatic hydroxyl groups is 2. The maximum atomic E-state index is 12.1. The van der Waals surface area contributed by atoms with Gasteiger partial charge in [0.05, 0.1) is 18.8 Å². The Bertz CT molecular complexity index is 832. The quantitative estimate of drug-likeness (QED) is 0.424. The number of fused-ring (bicyclic) bond motifs is 1. The van der Waals surface area contributed by atoms with Crippen molar-refractivity contribution in [3.05, 3.63) is 33.0 Å². The number of anilines is 1. The van der Waals surface area contributed by atoms with Crippen molar-refractivity contribution in [3.8, 4) is 0 Å². The van der Waals surface area contributed by atoms with Gasteiger partial charge in [0.1, 0.15) is 0 Å². The summed E-state index contributed by atoms with van der Waals surface area (Å²) in [4.78, 5) is 32.6. The molecule has 6 N–H and O–H groups in total. The molecule has 2 aromatic heterocycles. The Morgan fingerprint density at radius 2 is 2.14 bits per heavy atom. The van der Waals surface area contributed by atoms with E-state index in [1.54, 1.807) is 0 Å². The fraction of sp³-hybridized carbons (Fsp3) is 0.417. The lowest BCUT2D eigenvalue weighted by atomic mass is 10.0. The lowest BCUT2D eigenvalue weighted by Gasteiger charge is -2.14. The van der Waals surface area contributed by atoms with Gasteiger partial charge >= 0.3 is 5.69 Å². The third-order valence-electron chi connectivity index (χ3n) is 3.94. The monoisotopic (exact) mass is 293 g/mol. The van der Waals surface area contributed by atoms with Crippen LogP contribution in [0.3, 0.4) is 0 Å². The molecule has 0 saturated heterocycles. The molecule has 1 fully saturated rings. The fourth-order valence-electron chi connectivity index (χ4n) is 2.87. The van der Waals surface area contributed by atoms with Crippen molar-refractivity contribution in [2.45, 2.75) is 18.6 Å². The summed E-state index contributed by atoms with van der Waals surface area (Å²) in [6.45, 7) is 3.59. The largest absolute Gasteiger partial charge is 0.396 e. The smallest absolute Gasteiger partial charge is 0.328 e. The molecular formula is C12H15N5O4. The number of nitrogens with zero attached hydrogens (tertiary/aromatic N) is 2. The first kappa shape index (κ1) is 13.6. The zero-order chi connectivity index (χ0) is 15.3. The van der Waals surface area contributed by atoms with Crippen molar-refractivity contribution >= 4 is 17.1 Å². The van der Waals surface area contributed by atoms with E-state index in [0.717, 1.165) is 0 Å². The van der Waals surface area contributed by atoms with E-state index in [-0.39, 0.29) is 30.1 Å². The molecule has 112 valence electrons. The van der Waals surface area contributed by atoms with Crippen LogP contribution in [0.25, 0.3) is 11.2 Å². The lowest BCUT2D eigenvalue weighted by molar-refractivity contribution is 0.101. The van der Waals surface area contributed by atoms with Crippen LogP contribution in [0.5, 0.6) is 0 Å². The Morgan fingerprint density at radius 3 is 2.76 bits per heavy atom. The van der Waals surface area contributed by atoms with Crippen LogP contribution in [0.4, 0.5) is 5.95 Å². The Morgan fingerprint density at radius 1 is 1.43 bits per heavy atom. The number of H-pyrrole nitrogens is 2. The Balaban J connectivity index is 2.22. The summed E-state index contributed by atoms with van der Waals surface area (Å²) in [5.74, 6) is -0.616. The number of hydrogen-bond donors (Lipinski definition) is 5. The number of nitrogens with one attached hydrogen (secondary N) is 2. The molecule has 0 aromatic carbocycles. The average Bonchev–Trinajstić information content (AvgIpc) is 2.87. The molecule has 0 amide bonds. The van der Waals surface area contributed by atoms with E-state index in [0.29, 0.717) is 5.57 Å². The summed E-state index contributed by atoms with van der Waals surface area (Å²) in [6.07, 6.45) is -0.589. The lowest BCUT2D eigenvalue weighted by Crippen LogP contribution is -2.22. The van der Waals surface area contributed by atoms with Crippen LogP contribution in [-0.4, -0.2) is 42.4 Å². The second-order valence-corrected chi connectivity index (χ2v) is 5.13. The van der Waals surface area contributed by atoms with E-state index >= 15 is 0 Å². The van der Waals surface area contributed by atoms with Crippen LogP contribution < -0.4 is 17.0 Å². The molecule has 0 bridgehead atoms. The second kappa shape index (κ2) is 4.57. The van der Waals surface area contributed by atoms with Gasteiger partial charge in [-0.1, -0.05) is 6.58 Å². The second-order valence-electron chi connectivity index (χ2n) is 5.13. The van der Waals surface area contributed by atoms with Gasteiger partial charge in [-0.05, 0) is 12.0 Å². The first-order valence-corrected chi connectivity index (χ1v) is 6.41. The summed E-state index contributed by atoms with van der Waals surface area (Å²) >= 11 is 0. The molecule has 9 nitrogen and oxygen atoms in total. The van der Waals surface area contributed by atoms with Crippen LogP contribution in [-0.2, 0) is 0 Å². The van der Waals surface area contributed by atoms with Gasteiger partial charge in [0.15, 0.2) is 11.2 Å². The highest BCUT2D eigenvalue weighted by atomic mass is 16.3. The zero-order valence-corrected chi connectivity index (χ0v) is 11.0. The minimum absolute atomic E-state index is 0.0175. The average molecular weight is 293 g/mol. The molecular weight excluding hydrogens is 278 g/mol. The Hall–Kier alpha value is -2.39. The van der Waals surface area contributed by atoms with Gasteiger partial charge in [-0.25, -0.2) is 4.79 Å². The highest BCUT2D eigenvalue weighted by molar-refractivity contribution is 5.70. The van der Waals surface area contributed by atoms with Crippen LogP contribution in [0.15, 0.2) is 21.7 Å². The van der Waals surface area contributed by atoms with Gasteiger partial charge in [-0.2, -0.15) is 4.98 Å². The van der Waals surface area contributed by atoms with Crippen LogP contribution in [0.1, 0.15) is 12.5 Å². The maximum Gasteiger partial charge on any atom is 0.328 e. The van der Waals surface area contributed by atoms with Crippen molar-refractivity contribution < 1.29 is 10.2 Å². The zero-order valence-electron chi connectivity index (χ0n) is 11.0. The van der Waals surface area contributed by atoms with E-state index in [1.165, 1.54) is 4.57 Å². The maximum absolute atomic E-state index is 12.1. The Kier molecular flexibility index (Phi) is 2.96. The number of imidazole rings is 1. The predicted octanol–water partition coefficient (Wildman–Crippen LogP) is -1.53. The fourth-order valence-corrected chi connectivity index (χ4v) is 2.87. The summed E-state index contributed by atoms with van der Waals surface area (Å²) in [6, 6.07) is -0.549. The molecule has 1 aliphatic carbocycles. The highest BCUT2D eigenvalue weighted by Crippen LogP contribution is 2.38. The first-order chi connectivity index (χ1) is 9.93. The molecule has 1 saturated carbocycles. The van der Waals surface area contributed by atoms with Crippen molar-refractivity contribution in [1.82, 2.24) is 19.5 Å². The number of hydrogen-bond acceptors (Lipinski definition) is 6. The van der Waals surface area contributed by atoms with Crippen LogP contribution >= 0.6 is 0 Å². The number of rotatable bonds is 2. The minimum Gasteiger partial charge on any atom is -0.396 e. The summed E-state index contributed by atoms with van der Waals surface area (Å²) in [5.41, 5.74) is 5.08. The molecule has 2 heterocycles.